The molecule has 8 nitrogen and oxygen atoms in total. The lowest BCUT2D eigenvalue weighted by atomic mass is 9.37. The third-order valence-electron chi connectivity index (χ3n) is 6.34. The van der Waals surface area contributed by atoms with Crippen LogP contribution in [-0.4, -0.2) is 44.3 Å². The molecule has 25 heavy (non-hydrogen) atoms. The first-order valence-corrected chi connectivity index (χ1v) is 8.53. The lowest BCUT2D eigenvalue weighted by Gasteiger charge is -2.63. The largest absolute Gasteiger partial charge is 0.481 e. The quantitative estimate of drug-likeness (QED) is 0.538. The molecule has 0 aliphatic heterocycles. The fourth-order valence-electron chi connectivity index (χ4n) is 5.46. The van der Waals surface area contributed by atoms with Crippen LogP contribution in [0.2, 0.25) is 0 Å². The molecule has 140 valence electrons. The van der Waals surface area contributed by atoms with Crippen LogP contribution in [-0.2, 0) is 19.2 Å². The number of unbranched alkanes of at least 4 members (excludes halogenated alkanes) is 1. The molecule has 7 unspecified atom stereocenters. The van der Waals surface area contributed by atoms with Crippen molar-refractivity contribution in [2.45, 2.75) is 39.5 Å². The van der Waals surface area contributed by atoms with Gasteiger partial charge < -0.3 is 20.4 Å². The van der Waals surface area contributed by atoms with Crippen LogP contribution in [0.4, 0.5) is 0 Å². The van der Waals surface area contributed by atoms with Gasteiger partial charge in [-0.2, -0.15) is 0 Å². The predicted octanol–water partition coefficient (Wildman–Crippen LogP) is 1.64. The Hall–Kier alpha value is -2.12. The minimum Gasteiger partial charge on any atom is -0.481 e. The molecule has 0 heterocycles. The maximum absolute atomic E-state index is 12.1. The van der Waals surface area contributed by atoms with E-state index in [0.29, 0.717) is 12.8 Å². The average molecular weight is 356 g/mol. The fourth-order valence-corrected chi connectivity index (χ4v) is 5.46. The number of aliphatic carboxylic acids is 4. The van der Waals surface area contributed by atoms with Gasteiger partial charge in [-0.1, -0.05) is 26.7 Å². The van der Waals surface area contributed by atoms with E-state index in [9.17, 15) is 39.6 Å². The van der Waals surface area contributed by atoms with Crippen LogP contribution in [0.25, 0.3) is 0 Å². The van der Waals surface area contributed by atoms with Crippen molar-refractivity contribution in [3.05, 3.63) is 0 Å². The van der Waals surface area contributed by atoms with Gasteiger partial charge in [0.25, 0.3) is 0 Å². The summed E-state index contributed by atoms with van der Waals surface area (Å²) >= 11 is 0. The van der Waals surface area contributed by atoms with Crippen LogP contribution in [0.1, 0.15) is 39.5 Å². The molecular weight excluding hydrogens is 332 g/mol. The number of hydrogen-bond acceptors (Lipinski definition) is 4. The number of rotatable bonds is 7. The molecule has 0 spiro atoms. The number of fused-ring (bicyclic) bond motifs is 1. The number of carboxylic acid groups (broad SMARTS) is 4. The summed E-state index contributed by atoms with van der Waals surface area (Å²) in [5, 5.41) is 38.3. The van der Waals surface area contributed by atoms with Gasteiger partial charge in [-0.05, 0) is 30.6 Å². The molecule has 8 heteroatoms. The summed E-state index contributed by atoms with van der Waals surface area (Å²) in [6.45, 7) is 3.42. The highest BCUT2D eigenvalue weighted by molar-refractivity contribution is 5.88. The van der Waals surface area contributed by atoms with Gasteiger partial charge in [0.15, 0.2) is 0 Å². The minimum atomic E-state index is -1.52. The van der Waals surface area contributed by atoms with Gasteiger partial charge >= 0.3 is 23.9 Å². The van der Waals surface area contributed by atoms with Gasteiger partial charge in [-0.15, -0.1) is 0 Å². The Morgan fingerprint density at radius 3 is 2.00 bits per heavy atom. The highest BCUT2D eigenvalue weighted by atomic mass is 16.4. The second kappa shape index (κ2) is 6.65. The first-order valence-electron chi connectivity index (χ1n) is 8.53. The Kier molecular flexibility index (Phi) is 5.11. The van der Waals surface area contributed by atoms with E-state index in [1.54, 1.807) is 6.92 Å². The van der Waals surface area contributed by atoms with Crippen molar-refractivity contribution in [1.29, 1.82) is 0 Å². The standard InChI is InChI=1S/C17H24O8/c1-3-4-5-17(16(24)25)11-7(2)10(14(20)21)8(13(18)19)6-9(11)12(17)15(22)23/h7-12H,3-6H2,1-2H3,(H,18,19)(H,20,21)(H,22,23)(H,24,25). The van der Waals surface area contributed by atoms with Crippen molar-refractivity contribution in [2.75, 3.05) is 0 Å². The smallest absolute Gasteiger partial charge is 0.310 e. The average Bonchev–Trinajstić information content (AvgIpc) is 2.46. The summed E-state index contributed by atoms with van der Waals surface area (Å²) in [7, 11) is 0. The summed E-state index contributed by atoms with van der Waals surface area (Å²) in [5.74, 6) is -10.6. The number of hydrogen-bond donors (Lipinski definition) is 4. The van der Waals surface area contributed by atoms with Crippen LogP contribution in [0.3, 0.4) is 0 Å². The highest BCUT2D eigenvalue weighted by Crippen LogP contribution is 2.67. The van der Waals surface area contributed by atoms with E-state index in [-0.39, 0.29) is 12.8 Å². The van der Waals surface area contributed by atoms with Gasteiger partial charge in [0.2, 0.25) is 0 Å². The maximum atomic E-state index is 12.1. The minimum absolute atomic E-state index is 0.112. The van der Waals surface area contributed by atoms with Gasteiger partial charge in [-0.25, -0.2) is 0 Å². The zero-order valence-electron chi connectivity index (χ0n) is 14.2. The van der Waals surface area contributed by atoms with Gasteiger partial charge in [0.05, 0.1) is 23.2 Å². The van der Waals surface area contributed by atoms with Crippen LogP contribution in [0, 0.1) is 40.9 Å². The van der Waals surface area contributed by atoms with Crippen LogP contribution < -0.4 is 0 Å². The Balaban J connectivity index is 2.51. The molecule has 2 rings (SSSR count). The Morgan fingerprint density at radius 1 is 1.00 bits per heavy atom. The zero-order valence-corrected chi connectivity index (χ0v) is 14.2. The lowest BCUT2D eigenvalue weighted by molar-refractivity contribution is -0.228. The summed E-state index contributed by atoms with van der Waals surface area (Å²) in [6.07, 6.45) is 1.25. The Labute approximate surface area is 144 Å². The second-order valence-electron chi connectivity index (χ2n) is 7.36. The van der Waals surface area contributed by atoms with Crippen molar-refractivity contribution < 1.29 is 39.6 Å². The van der Waals surface area contributed by atoms with Crippen molar-refractivity contribution in [3.8, 4) is 0 Å². The van der Waals surface area contributed by atoms with Gasteiger partial charge in [-0.3, -0.25) is 19.2 Å². The first kappa shape index (κ1) is 19.2. The van der Waals surface area contributed by atoms with Crippen LogP contribution >= 0.6 is 0 Å². The lowest BCUT2D eigenvalue weighted by Crippen LogP contribution is -2.69. The summed E-state index contributed by atoms with van der Waals surface area (Å²) in [4.78, 5) is 47.0. The van der Waals surface area contributed by atoms with E-state index < -0.39 is 64.8 Å². The van der Waals surface area contributed by atoms with Gasteiger partial charge in [0.1, 0.15) is 0 Å². The van der Waals surface area contributed by atoms with Crippen molar-refractivity contribution in [1.82, 2.24) is 0 Å². The summed E-state index contributed by atoms with van der Waals surface area (Å²) in [6, 6.07) is 0. The van der Waals surface area contributed by atoms with E-state index in [2.05, 4.69) is 0 Å². The topological polar surface area (TPSA) is 149 Å². The third kappa shape index (κ3) is 2.67. The van der Waals surface area contributed by atoms with E-state index in [4.69, 9.17) is 0 Å². The fraction of sp³-hybridized carbons (Fsp3) is 0.765. The normalized spacial score (nSPS) is 39.8. The molecule has 0 bridgehead atoms. The first-order chi connectivity index (χ1) is 11.6. The number of carbonyl (C=O) groups is 4. The molecule has 4 N–H and O–H groups in total. The van der Waals surface area contributed by atoms with Crippen molar-refractivity contribution in [3.63, 3.8) is 0 Å². The molecule has 0 aromatic heterocycles. The molecular formula is C17H24O8. The maximum Gasteiger partial charge on any atom is 0.310 e. The van der Waals surface area contributed by atoms with Crippen molar-refractivity contribution >= 4 is 23.9 Å². The summed E-state index contributed by atoms with van der Waals surface area (Å²) in [5.41, 5.74) is -1.52. The van der Waals surface area contributed by atoms with E-state index in [1.807, 2.05) is 6.92 Å². The van der Waals surface area contributed by atoms with Crippen molar-refractivity contribution in [2.24, 2.45) is 40.9 Å². The third-order valence-corrected chi connectivity index (χ3v) is 6.34. The molecule has 0 amide bonds. The number of carboxylic acids is 4. The predicted molar refractivity (Wildman–Crippen MR) is 83.7 cm³/mol. The molecule has 2 aliphatic rings. The second-order valence-corrected chi connectivity index (χ2v) is 7.36. The Bertz CT molecular complexity index is 597. The Morgan fingerprint density at radius 2 is 1.60 bits per heavy atom. The molecule has 2 fully saturated rings. The molecule has 2 saturated carbocycles. The summed E-state index contributed by atoms with van der Waals surface area (Å²) < 4.78 is 0. The molecule has 0 saturated heterocycles. The van der Waals surface area contributed by atoms with Crippen LogP contribution in [0.15, 0.2) is 0 Å². The molecule has 0 aromatic carbocycles. The SMILES string of the molecule is CCCCC1(C(=O)O)C(C(=O)O)C2CC(C(=O)O)C(C(=O)O)C(C)C21. The molecule has 0 radical (unpaired) electrons. The van der Waals surface area contributed by atoms with Crippen LogP contribution in [0.5, 0.6) is 0 Å². The monoisotopic (exact) mass is 356 g/mol. The zero-order chi connectivity index (χ0) is 19.1. The van der Waals surface area contributed by atoms with Gasteiger partial charge in [0, 0.05) is 0 Å². The van der Waals surface area contributed by atoms with E-state index >= 15 is 0 Å². The molecule has 2 aliphatic carbocycles. The molecule has 0 aromatic rings. The van der Waals surface area contributed by atoms with E-state index in [1.165, 1.54) is 0 Å². The molecule has 7 atom stereocenters. The highest BCUT2D eigenvalue weighted by Gasteiger charge is 2.73. The van der Waals surface area contributed by atoms with E-state index in [0.717, 1.165) is 0 Å².